The number of nitrogens with zero attached hydrogens (tertiary/aromatic N) is 2. The van der Waals surface area contributed by atoms with E-state index >= 15 is 0 Å². The number of carboxylic acids is 1. The molecule has 8 heteroatoms. The van der Waals surface area contributed by atoms with E-state index in [9.17, 15) is 14.7 Å². The smallest absolute Gasteiger partial charge is 0.328 e. The molecular weight excluding hydrogens is 364 g/mol. The zero-order valence-corrected chi connectivity index (χ0v) is 15.5. The minimum atomic E-state index is -1.09. The number of amides is 1. The van der Waals surface area contributed by atoms with E-state index in [1.807, 2.05) is 19.1 Å². The van der Waals surface area contributed by atoms with Gasteiger partial charge in [-0.3, -0.25) is 9.78 Å². The first-order valence-electron chi connectivity index (χ1n) is 9.00. The topological polar surface area (TPSA) is 98.2 Å². The van der Waals surface area contributed by atoms with Crippen LogP contribution in [0.25, 0.3) is 0 Å². The summed E-state index contributed by atoms with van der Waals surface area (Å²) in [5.41, 5.74) is 1.24. The summed E-state index contributed by atoms with van der Waals surface area (Å²) in [7, 11) is 0. The minimum absolute atomic E-state index is 0.0221. The van der Waals surface area contributed by atoms with Crippen LogP contribution in [0.1, 0.15) is 22.8 Å². The van der Waals surface area contributed by atoms with Gasteiger partial charge < -0.3 is 24.2 Å². The number of ether oxygens (including phenoxy) is 3. The van der Waals surface area contributed by atoms with Gasteiger partial charge in [-0.25, -0.2) is 4.79 Å². The number of morpholine rings is 1. The lowest BCUT2D eigenvalue weighted by Gasteiger charge is -2.33. The van der Waals surface area contributed by atoms with Gasteiger partial charge in [0.05, 0.1) is 19.8 Å². The molecule has 1 unspecified atom stereocenters. The summed E-state index contributed by atoms with van der Waals surface area (Å²) in [4.78, 5) is 29.6. The van der Waals surface area contributed by atoms with Crippen LogP contribution >= 0.6 is 0 Å². The van der Waals surface area contributed by atoms with Crippen molar-refractivity contribution in [3.63, 3.8) is 0 Å². The van der Waals surface area contributed by atoms with E-state index in [4.69, 9.17) is 14.2 Å². The van der Waals surface area contributed by atoms with Crippen LogP contribution < -0.4 is 9.47 Å². The van der Waals surface area contributed by atoms with E-state index in [0.29, 0.717) is 36.9 Å². The number of carbonyl (C=O) groups is 2. The Kier molecular flexibility index (Phi) is 6.44. The molecule has 1 atom stereocenters. The third-order valence-electron chi connectivity index (χ3n) is 4.28. The number of rotatable bonds is 7. The highest BCUT2D eigenvalue weighted by molar-refractivity contribution is 5.97. The molecule has 0 bridgehead atoms. The van der Waals surface area contributed by atoms with Crippen molar-refractivity contribution in [1.29, 1.82) is 0 Å². The Hall–Kier alpha value is -3.13. The third-order valence-corrected chi connectivity index (χ3v) is 4.28. The molecule has 2 aromatic rings. The number of aliphatic carboxylic acids is 1. The molecule has 148 valence electrons. The highest BCUT2D eigenvalue weighted by Gasteiger charge is 2.33. The molecule has 1 saturated heterocycles. The quantitative estimate of drug-likeness (QED) is 0.777. The lowest BCUT2D eigenvalue weighted by Crippen LogP contribution is -2.52. The number of carbonyl (C=O) groups excluding carboxylic acids is 1. The van der Waals surface area contributed by atoms with Crippen LogP contribution in [0.4, 0.5) is 0 Å². The van der Waals surface area contributed by atoms with Crippen molar-refractivity contribution in [2.75, 3.05) is 26.4 Å². The van der Waals surface area contributed by atoms with E-state index in [-0.39, 0.29) is 19.1 Å². The second-order valence-corrected chi connectivity index (χ2v) is 6.17. The van der Waals surface area contributed by atoms with E-state index in [2.05, 4.69) is 4.98 Å². The maximum absolute atomic E-state index is 12.9. The molecule has 0 aliphatic carbocycles. The molecule has 2 heterocycles. The molecule has 8 nitrogen and oxygen atoms in total. The fraction of sp³-hybridized carbons (Fsp3) is 0.350. The summed E-state index contributed by atoms with van der Waals surface area (Å²) in [6.45, 7) is 3.05. The lowest BCUT2D eigenvalue weighted by atomic mass is 10.1. The second kappa shape index (κ2) is 9.18. The standard InChI is InChI=1S/C20H22N2O6/c1-2-27-18-10-15(19(23)22-8-9-26-13-16(22)20(24)25)5-6-17(18)28-12-14-4-3-7-21-11-14/h3-7,10-11,16H,2,8-9,12-13H2,1H3,(H,24,25). The largest absolute Gasteiger partial charge is 0.490 e. The molecule has 0 saturated carbocycles. The molecule has 1 fully saturated rings. The zero-order chi connectivity index (χ0) is 19.9. The van der Waals surface area contributed by atoms with Gasteiger partial charge in [-0.05, 0) is 31.2 Å². The van der Waals surface area contributed by atoms with Crippen molar-refractivity contribution in [2.24, 2.45) is 0 Å². The first kappa shape index (κ1) is 19.6. The van der Waals surface area contributed by atoms with Crippen molar-refractivity contribution < 1.29 is 28.9 Å². The van der Waals surface area contributed by atoms with Crippen LogP contribution in [0, 0.1) is 0 Å². The van der Waals surface area contributed by atoms with Crippen molar-refractivity contribution in [3.8, 4) is 11.5 Å². The molecule has 1 aromatic carbocycles. The maximum Gasteiger partial charge on any atom is 0.328 e. The molecule has 28 heavy (non-hydrogen) atoms. The monoisotopic (exact) mass is 386 g/mol. The molecule has 1 amide bonds. The SMILES string of the molecule is CCOc1cc(C(=O)N2CCOCC2C(=O)O)ccc1OCc1cccnc1. The highest BCUT2D eigenvalue weighted by Crippen LogP contribution is 2.30. The summed E-state index contributed by atoms with van der Waals surface area (Å²) in [5.74, 6) is -0.540. The van der Waals surface area contributed by atoms with Crippen LogP contribution in [-0.4, -0.2) is 59.3 Å². The van der Waals surface area contributed by atoms with Gasteiger partial charge in [0.15, 0.2) is 17.5 Å². The minimum Gasteiger partial charge on any atom is -0.490 e. The number of pyridine rings is 1. The Morgan fingerprint density at radius 2 is 2.14 bits per heavy atom. The zero-order valence-electron chi connectivity index (χ0n) is 15.5. The van der Waals surface area contributed by atoms with Crippen LogP contribution in [0.3, 0.4) is 0 Å². The van der Waals surface area contributed by atoms with Gasteiger partial charge in [-0.2, -0.15) is 0 Å². The average Bonchev–Trinajstić information content (AvgIpc) is 2.73. The van der Waals surface area contributed by atoms with E-state index < -0.39 is 12.0 Å². The molecule has 1 aromatic heterocycles. The van der Waals surface area contributed by atoms with Gasteiger partial charge in [-0.15, -0.1) is 0 Å². The predicted molar refractivity (Wildman–Crippen MR) is 99.5 cm³/mol. The van der Waals surface area contributed by atoms with Crippen molar-refractivity contribution in [1.82, 2.24) is 9.88 Å². The fourth-order valence-electron chi connectivity index (χ4n) is 2.89. The molecule has 1 aliphatic heterocycles. The van der Waals surface area contributed by atoms with Crippen LogP contribution in [0.2, 0.25) is 0 Å². The van der Waals surface area contributed by atoms with Gasteiger partial charge in [-0.1, -0.05) is 6.07 Å². The van der Waals surface area contributed by atoms with Crippen LogP contribution in [-0.2, 0) is 16.1 Å². The summed E-state index contributed by atoms with van der Waals surface area (Å²) in [5, 5.41) is 9.34. The number of hydrogen-bond donors (Lipinski definition) is 1. The van der Waals surface area contributed by atoms with Gasteiger partial charge in [0.2, 0.25) is 0 Å². The van der Waals surface area contributed by atoms with Crippen molar-refractivity contribution in [2.45, 2.75) is 19.6 Å². The van der Waals surface area contributed by atoms with Gasteiger partial charge in [0.1, 0.15) is 6.61 Å². The average molecular weight is 386 g/mol. The van der Waals surface area contributed by atoms with E-state index in [1.165, 1.54) is 4.90 Å². The molecule has 0 spiro atoms. The Bertz CT molecular complexity index is 827. The molecule has 3 rings (SSSR count). The molecule has 1 N–H and O–H groups in total. The lowest BCUT2D eigenvalue weighted by molar-refractivity contribution is -0.147. The second-order valence-electron chi connectivity index (χ2n) is 6.17. The van der Waals surface area contributed by atoms with Crippen LogP contribution in [0.5, 0.6) is 11.5 Å². The number of benzene rings is 1. The van der Waals surface area contributed by atoms with Crippen LogP contribution in [0.15, 0.2) is 42.7 Å². The fourth-order valence-corrected chi connectivity index (χ4v) is 2.89. The molecular formula is C20H22N2O6. The summed E-state index contributed by atoms with van der Waals surface area (Å²) in [6, 6.07) is 7.57. The van der Waals surface area contributed by atoms with Crippen molar-refractivity contribution in [3.05, 3.63) is 53.9 Å². The number of aromatic nitrogens is 1. The summed E-state index contributed by atoms with van der Waals surface area (Å²) in [6.07, 6.45) is 3.40. The number of carboxylic acid groups (broad SMARTS) is 1. The number of hydrogen-bond acceptors (Lipinski definition) is 6. The first-order chi connectivity index (χ1) is 13.6. The highest BCUT2D eigenvalue weighted by atomic mass is 16.5. The van der Waals surface area contributed by atoms with Gasteiger partial charge >= 0.3 is 5.97 Å². The molecule has 0 radical (unpaired) electrons. The Morgan fingerprint density at radius 3 is 2.86 bits per heavy atom. The third kappa shape index (κ3) is 4.58. The van der Waals surface area contributed by atoms with E-state index in [1.54, 1.807) is 30.6 Å². The maximum atomic E-state index is 12.9. The molecule has 1 aliphatic rings. The Balaban J connectivity index is 1.79. The Morgan fingerprint density at radius 1 is 1.29 bits per heavy atom. The summed E-state index contributed by atoms with van der Waals surface area (Å²) >= 11 is 0. The van der Waals surface area contributed by atoms with E-state index in [0.717, 1.165) is 5.56 Å². The van der Waals surface area contributed by atoms with Crippen molar-refractivity contribution >= 4 is 11.9 Å². The Labute approximate surface area is 162 Å². The van der Waals surface area contributed by atoms with Gasteiger partial charge in [0.25, 0.3) is 5.91 Å². The normalized spacial score (nSPS) is 16.5. The van der Waals surface area contributed by atoms with Gasteiger partial charge in [0, 0.05) is 30.1 Å². The predicted octanol–water partition coefficient (Wildman–Crippen LogP) is 1.98. The first-order valence-corrected chi connectivity index (χ1v) is 9.00. The summed E-state index contributed by atoms with van der Waals surface area (Å²) < 4.78 is 16.6.